The molecule has 2 aromatic rings. The van der Waals surface area contributed by atoms with Crippen molar-refractivity contribution in [3.05, 3.63) is 41.7 Å². The molecule has 0 spiro atoms. The van der Waals surface area contributed by atoms with Gasteiger partial charge in [-0.25, -0.2) is 0 Å². The lowest BCUT2D eigenvalue weighted by atomic mass is 9.90. The van der Waals surface area contributed by atoms with Gasteiger partial charge in [0.05, 0.1) is 6.04 Å². The number of piperidine rings is 1. The third-order valence-corrected chi connectivity index (χ3v) is 5.31. The zero-order valence-corrected chi connectivity index (χ0v) is 16.1. The van der Waals surface area contributed by atoms with E-state index in [0.717, 1.165) is 24.8 Å². The average Bonchev–Trinajstić information content (AvgIpc) is 2.66. The Hall–Kier alpha value is -2.21. The fourth-order valence-electron chi connectivity index (χ4n) is 3.59. The molecule has 0 saturated carbocycles. The topological polar surface area (TPSA) is 71.2 Å². The highest BCUT2D eigenvalue weighted by atomic mass is 15.3. The van der Waals surface area contributed by atoms with E-state index in [1.54, 1.807) is 0 Å². The molecule has 1 aliphatic rings. The van der Waals surface area contributed by atoms with Crippen molar-refractivity contribution in [1.82, 2.24) is 19.9 Å². The summed E-state index contributed by atoms with van der Waals surface area (Å²) in [5, 5.41) is 0. The number of anilines is 2. The van der Waals surface area contributed by atoms with E-state index in [9.17, 15) is 0 Å². The van der Waals surface area contributed by atoms with Gasteiger partial charge >= 0.3 is 0 Å². The van der Waals surface area contributed by atoms with E-state index in [1.807, 2.05) is 19.0 Å². The second kappa shape index (κ2) is 8.45. The Morgan fingerprint density at radius 1 is 1.12 bits per heavy atom. The van der Waals surface area contributed by atoms with Gasteiger partial charge in [-0.15, -0.1) is 0 Å². The highest BCUT2D eigenvalue weighted by molar-refractivity contribution is 5.33. The van der Waals surface area contributed by atoms with Crippen LogP contribution in [-0.2, 0) is 6.42 Å². The van der Waals surface area contributed by atoms with Gasteiger partial charge in [-0.05, 0) is 57.2 Å². The molecule has 1 saturated heterocycles. The molecule has 6 heteroatoms. The maximum absolute atomic E-state index is 5.87. The first-order chi connectivity index (χ1) is 12.5. The average molecular weight is 355 g/mol. The Morgan fingerprint density at radius 2 is 1.81 bits per heavy atom. The second-order valence-corrected chi connectivity index (χ2v) is 7.43. The minimum absolute atomic E-state index is 0.161. The van der Waals surface area contributed by atoms with Crippen molar-refractivity contribution in [2.45, 2.75) is 38.6 Å². The van der Waals surface area contributed by atoms with Crippen LogP contribution in [0.1, 0.15) is 43.6 Å². The first-order valence-electron chi connectivity index (χ1n) is 9.49. The van der Waals surface area contributed by atoms with Crippen LogP contribution < -0.4 is 10.6 Å². The molecule has 140 valence electrons. The van der Waals surface area contributed by atoms with E-state index in [0.29, 0.717) is 11.9 Å². The van der Waals surface area contributed by atoms with E-state index in [-0.39, 0.29) is 6.04 Å². The normalized spacial score (nSPS) is 17.2. The standard InChI is InChI=1S/C20H30N6/c1-15(18-22-19(21)24-20(23-18)25(2)3)26-13-11-17(12-14-26)10-9-16-7-5-4-6-8-16/h4-8,15,17H,9-14H2,1-3H3,(H2,21,22,23,24)/t15-/m1/s1. The van der Waals surface area contributed by atoms with Crippen LogP contribution in [0.25, 0.3) is 0 Å². The molecule has 0 bridgehead atoms. The predicted octanol–water partition coefficient (Wildman–Crippen LogP) is 2.93. The summed E-state index contributed by atoms with van der Waals surface area (Å²) in [7, 11) is 3.84. The number of nitrogens with two attached hydrogens (primary N) is 1. The Balaban J connectivity index is 1.54. The molecule has 0 aliphatic carbocycles. The molecule has 1 aromatic heterocycles. The molecule has 6 nitrogen and oxygen atoms in total. The molecule has 0 amide bonds. The lowest BCUT2D eigenvalue weighted by Gasteiger charge is -2.35. The summed E-state index contributed by atoms with van der Waals surface area (Å²) in [4.78, 5) is 17.5. The Bertz CT molecular complexity index is 695. The van der Waals surface area contributed by atoms with Crippen LogP contribution in [0, 0.1) is 5.92 Å². The molecule has 2 N–H and O–H groups in total. The van der Waals surface area contributed by atoms with Crippen molar-refractivity contribution in [2.24, 2.45) is 5.92 Å². The number of aryl methyl sites for hydroxylation is 1. The van der Waals surface area contributed by atoms with Gasteiger partial charge in [0.1, 0.15) is 0 Å². The summed E-state index contributed by atoms with van der Waals surface area (Å²) in [6.07, 6.45) is 4.92. The fourth-order valence-corrected chi connectivity index (χ4v) is 3.59. The van der Waals surface area contributed by atoms with Crippen molar-refractivity contribution in [3.8, 4) is 0 Å². The number of hydrogen-bond donors (Lipinski definition) is 1. The second-order valence-electron chi connectivity index (χ2n) is 7.43. The summed E-state index contributed by atoms with van der Waals surface area (Å²) < 4.78 is 0. The smallest absolute Gasteiger partial charge is 0.229 e. The van der Waals surface area contributed by atoms with E-state index in [4.69, 9.17) is 5.73 Å². The third kappa shape index (κ3) is 4.69. The van der Waals surface area contributed by atoms with Crippen LogP contribution in [0.5, 0.6) is 0 Å². The molecule has 3 rings (SSSR count). The van der Waals surface area contributed by atoms with Gasteiger partial charge in [-0.1, -0.05) is 30.3 Å². The SMILES string of the molecule is C[C@H](c1nc(N)nc(N(C)C)n1)N1CCC(CCc2ccccc2)CC1. The van der Waals surface area contributed by atoms with Gasteiger partial charge in [0, 0.05) is 14.1 Å². The first kappa shape index (κ1) is 18.6. The van der Waals surface area contributed by atoms with Gasteiger partial charge in [-0.2, -0.15) is 15.0 Å². The molecule has 0 radical (unpaired) electrons. The number of nitrogens with zero attached hydrogens (tertiary/aromatic N) is 5. The van der Waals surface area contributed by atoms with Crippen LogP contribution in [-0.4, -0.2) is 47.0 Å². The lowest BCUT2D eigenvalue weighted by Crippen LogP contribution is -2.36. The molecular formula is C20H30N6. The molecule has 2 heterocycles. The largest absolute Gasteiger partial charge is 0.368 e. The Morgan fingerprint density at radius 3 is 2.46 bits per heavy atom. The number of hydrogen-bond acceptors (Lipinski definition) is 6. The number of nitrogen functional groups attached to an aromatic ring is 1. The van der Waals surface area contributed by atoms with Crippen LogP contribution in [0.4, 0.5) is 11.9 Å². The lowest BCUT2D eigenvalue weighted by molar-refractivity contribution is 0.133. The maximum Gasteiger partial charge on any atom is 0.229 e. The molecule has 1 atom stereocenters. The summed E-state index contributed by atoms with van der Waals surface area (Å²) in [5.74, 6) is 2.49. The van der Waals surface area contributed by atoms with Gasteiger partial charge in [0.25, 0.3) is 0 Å². The van der Waals surface area contributed by atoms with Crippen LogP contribution >= 0.6 is 0 Å². The van der Waals surface area contributed by atoms with Crippen molar-refractivity contribution < 1.29 is 0 Å². The van der Waals surface area contributed by atoms with Crippen LogP contribution in [0.2, 0.25) is 0 Å². The van der Waals surface area contributed by atoms with Gasteiger partial charge < -0.3 is 10.6 Å². The van der Waals surface area contributed by atoms with Crippen molar-refractivity contribution in [3.63, 3.8) is 0 Å². The molecule has 1 aliphatic heterocycles. The van der Waals surface area contributed by atoms with Crippen molar-refractivity contribution in [1.29, 1.82) is 0 Å². The monoisotopic (exact) mass is 354 g/mol. The third-order valence-electron chi connectivity index (χ3n) is 5.31. The van der Waals surface area contributed by atoms with E-state index in [1.165, 1.54) is 31.2 Å². The minimum Gasteiger partial charge on any atom is -0.368 e. The van der Waals surface area contributed by atoms with Gasteiger partial charge in [0.2, 0.25) is 11.9 Å². The summed E-state index contributed by atoms with van der Waals surface area (Å²) in [6, 6.07) is 11.0. The number of aromatic nitrogens is 3. The Kier molecular flexibility index (Phi) is 6.04. The van der Waals surface area contributed by atoms with Gasteiger partial charge in [0.15, 0.2) is 5.82 Å². The number of rotatable bonds is 6. The molecule has 1 aromatic carbocycles. The maximum atomic E-state index is 5.87. The van der Waals surface area contributed by atoms with Crippen LogP contribution in [0.15, 0.2) is 30.3 Å². The van der Waals surface area contributed by atoms with Crippen molar-refractivity contribution in [2.75, 3.05) is 37.8 Å². The first-order valence-corrected chi connectivity index (χ1v) is 9.49. The highest BCUT2D eigenvalue weighted by Crippen LogP contribution is 2.28. The van der Waals surface area contributed by atoms with Crippen LogP contribution in [0.3, 0.4) is 0 Å². The molecule has 26 heavy (non-hydrogen) atoms. The quantitative estimate of drug-likeness (QED) is 0.860. The minimum atomic E-state index is 0.161. The zero-order chi connectivity index (χ0) is 18.5. The van der Waals surface area contributed by atoms with Crippen molar-refractivity contribution >= 4 is 11.9 Å². The summed E-state index contributed by atoms with van der Waals surface area (Å²) in [5.41, 5.74) is 7.32. The molecule has 0 unspecified atom stereocenters. The fraction of sp³-hybridized carbons (Fsp3) is 0.550. The van der Waals surface area contributed by atoms with E-state index < -0.39 is 0 Å². The zero-order valence-electron chi connectivity index (χ0n) is 16.1. The summed E-state index contributed by atoms with van der Waals surface area (Å²) >= 11 is 0. The predicted molar refractivity (Wildman–Crippen MR) is 106 cm³/mol. The highest BCUT2D eigenvalue weighted by Gasteiger charge is 2.25. The number of benzene rings is 1. The molecule has 1 fully saturated rings. The van der Waals surface area contributed by atoms with E-state index in [2.05, 4.69) is 57.1 Å². The number of likely N-dealkylation sites (tertiary alicyclic amines) is 1. The molecular weight excluding hydrogens is 324 g/mol. The van der Waals surface area contributed by atoms with Gasteiger partial charge in [-0.3, -0.25) is 4.90 Å². The van der Waals surface area contributed by atoms with E-state index >= 15 is 0 Å². The Labute approximate surface area is 156 Å². The summed E-state index contributed by atoms with van der Waals surface area (Å²) in [6.45, 7) is 4.34.